The van der Waals surface area contributed by atoms with Crippen LogP contribution in [0.2, 0.25) is 0 Å². The van der Waals surface area contributed by atoms with Crippen LogP contribution >= 0.6 is 11.3 Å². The van der Waals surface area contributed by atoms with Gasteiger partial charge in [0.05, 0.1) is 10.6 Å². The van der Waals surface area contributed by atoms with Gasteiger partial charge in [-0.15, -0.1) is 16.4 Å². The van der Waals surface area contributed by atoms with E-state index in [1.165, 1.54) is 10.4 Å². The Morgan fingerprint density at radius 1 is 1.00 bits per heavy atom. The number of alkyl halides is 6. The minimum absolute atomic E-state index is 0.187. The predicted octanol–water partition coefficient (Wildman–Crippen LogP) is 3.31. The third kappa shape index (κ3) is 11.2. The smallest absolute Gasteiger partial charge is 0.475 e. The number of carboxylic acid groups (broad SMARTS) is 2. The highest BCUT2D eigenvalue weighted by atomic mass is 32.1. The molecule has 1 amide bonds. The first-order valence-electron chi connectivity index (χ1n) is 12.7. The number of hydrogen-bond acceptors (Lipinski definition) is 8. The van der Waals surface area contributed by atoms with Crippen molar-refractivity contribution in [3.8, 4) is 0 Å². The van der Waals surface area contributed by atoms with Gasteiger partial charge in [0.25, 0.3) is 5.91 Å². The van der Waals surface area contributed by atoms with Crippen molar-refractivity contribution in [3.05, 3.63) is 33.3 Å². The van der Waals surface area contributed by atoms with E-state index in [0.717, 1.165) is 69.1 Å². The van der Waals surface area contributed by atoms with Crippen molar-refractivity contribution in [1.82, 2.24) is 24.8 Å². The Kier molecular flexibility index (Phi) is 12.3. The highest BCUT2D eigenvalue weighted by Gasteiger charge is 2.39. The molecule has 2 aliphatic rings. The average Bonchev–Trinajstić information content (AvgIpc) is 3.59. The van der Waals surface area contributed by atoms with Crippen LogP contribution in [0.4, 0.5) is 26.3 Å². The van der Waals surface area contributed by atoms with Crippen LogP contribution in [0.15, 0.2) is 12.3 Å². The fourth-order valence-corrected chi connectivity index (χ4v) is 5.15. The number of carbonyl (C=O) groups excluding carboxylic acids is 1. The van der Waals surface area contributed by atoms with Gasteiger partial charge in [-0.2, -0.15) is 26.3 Å². The normalized spacial score (nSPS) is 18.1. The van der Waals surface area contributed by atoms with Crippen molar-refractivity contribution in [3.63, 3.8) is 0 Å². The number of nitrogens with two attached hydrogens (primary N) is 1. The molecule has 11 nitrogen and oxygen atoms in total. The summed E-state index contributed by atoms with van der Waals surface area (Å²) in [5.74, 6) is -4.78. The maximum Gasteiger partial charge on any atom is 0.490 e. The Labute approximate surface area is 240 Å². The van der Waals surface area contributed by atoms with Crippen LogP contribution in [0, 0.1) is 19.8 Å². The van der Waals surface area contributed by atoms with Gasteiger partial charge in [0.15, 0.2) is 0 Å². The lowest BCUT2D eigenvalue weighted by molar-refractivity contribution is -0.193. The first kappa shape index (κ1) is 34.9. The number of aliphatic carboxylic acids is 2. The largest absolute Gasteiger partial charge is 0.490 e. The first-order valence-corrected chi connectivity index (χ1v) is 13.5. The summed E-state index contributed by atoms with van der Waals surface area (Å²) >= 11 is 1.61. The number of nitrogens with zero attached hydrogens (tertiary/aromatic N) is 5. The number of likely N-dealkylation sites (tertiary alicyclic amines) is 2. The van der Waals surface area contributed by atoms with Gasteiger partial charge in [0.1, 0.15) is 0 Å². The highest BCUT2D eigenvalue weighted by Crippen LogP contribution is 2.25. The molecule has 2 aliphatic heterocycles. The molecule has 4 heterocycles. The van der Waals surface area contributed by atoms with Crippen molar-refractivity contribution in [2.45, 2.75) is 64.6 Å². The van der Waals surface area contributed by atoms with Crippen molar-refractivity contribution in [1.29, 1.82) is 0 Å². The summed E-state index contributed by atoms with van der Waals surface area (Å²) in [4.78, 5) is 37.0. The zero-order valence-electron chi connectivity index (χ0n) is 22.8. The molecule has 42 heavy (non-hydrogen) atoms. The third-order valence-electron chi connectivity index (χ3n) is 6.49. The number of carbonyl (C=O) groups is 3. The van der Waals surface area contributed by atoms with Crippen molar-refractivity contribution in [2.24, 2.45) is 11.7 Å². The summed E-state index contributed by atoms with van der Waals surface area (Å²) in [5, 5.41) is 22.9. The van der Waals surface area contributed by atoms with Gasteiger partial charge in [-0.1, -0.05) is 5.21 Å². The van der Waals surface area contributed by atoms with E-state index in [-0.39, 0.29) is 5.91 Å². The molecule has 0 radical (unpaired) electrons. The lowest BCUT2D eigenvalue weighted by Crippen LogP contribution is -2.39. The second kappa shape index (κ2) is 14.8. The first-order chi connectivity index (χ1) is 19.4. The van der Waals surface area contributed by atoms with Gasteiger partial charge in [0.2, 0.25) is 0 Å². The fourth-order valence-electron chi connectivity index (χ4n) is 4.15. The summed E-state index contributed by atoms with van der Waals surface area (Å²) in [5.41, 5.74) is 8.20. The van der Waals surface area contributed by atoms with Crippen LogP contribution in [0.5, 0.6) is 0 Å². The van der Waals surface area contributed by atoms with Crippen molar-refractivity contribution in [2.75, 3.05) is 26.2 Å². The van der Waals surface area contributed by atoms with Crippen LogP contribution < -0.4 is 5.73 Å². The van der Waals surface area contributed by atoms with E-state index in [1.807, 2.05) is 15.6 Å². The average molecular weight is 631 g/mol. The van der Waals surface area contributed by atoms with Gasteiger partial charge in [-0.3, -0.25) is 14.4 Å². The molecule has 4 rings (SSSR count). The standard InChI is InChI=1S/C20H30N6OS.2C2HF3O2/c1-14-9-19(28-15(14)2)20(27)25-7-3-16(4-8-25)10-26-13-18(22-23-26)12-24-6-5-17(21)11-24;2*3-2(4,5)1(6)7/h9,13,16-17H,3-8,10-12,21H2,1-2H3;2*(H,6,7)/t17-;;/m1../s1. The van der Waals surface area contributed by atoms with Crippen LogP contribution in [0.25, 0.3) is 0 Å². The third-order valence-corrected chi connectivity index (χ3v) is 7.63. The minimum atomic E-state index is -5.08. The van der Waals surface area contributed by atoms with Gasteiger partial charge in [0, 0.05) is 56.4 Å². The van der Waals surface area contributed by atoms with Crippen LogP contribution in [-0.4, -0.2) is 97.4 Å². The lowest BCUT2D eigenvalue weighted by Gasteiger charge is -2.31. The summed E-state index contributed by atoms with van der Waals surface area (Å²) in [6.07, 6.45) is -4.99. The number of amides is 1. The molecular weight excluding hydrogens is 598 g/mol. The number of piperidine rings is 1. The molecule has 4 N–H and O–H groups in total. The van der Waals surface area contributed by atoms with Crippen LogP contribution in [-0.2, 0) is 22.7 Å². The van der Waals surface area contributed by atoms with E-state index in [1.54, 1.807) is 11.3 Å². The summed E-state index contributed by atoms with van der Waals surface area (Å²) in [6, 6.07) is 2.32. The van der Waals surface area contributed by atoms with E-state index in [2.05, 4.69) is 35.3 Å². The Hall–Kier alpha value is -3.25. The highest BCUT2D eigenvalue weighted by molar-refractivity contribution is 7.14. The molecule has 2 fully saturated rings. The number of hydrogen-bond donors (Lipinski definition) is 3. The Bertz CT molecular complexity index is 1170. The monoisotopic (exact) mass is 630 g/mol. The number of halogens is 6. The summed E-state index contributed by atoms with van der Waals surface area (Å²) in [6.45, 7) is 9.50. The predicted molar refractivity (Wildman–Crippen MR) is 138 cm³/mol. The molecular formula is C24H32F6N6O5S. The molecule has 1 atom stereocenters. The van der Waals surface area contributed by atoms with Crippen molar-refractivity contribution < 1.29 is 50.9 Å². The molecule has 18 heteroatoms. The number of aryl methyl sites for hydroxylation is 2. The number of rotatable bonds is 5. The second-order valence-corrected chi connectivity index (χ2v) is 11.2. The molecule has 236 valence electrons. The molecule has 2 aromatic rings. The van der Waals surface area contributed by atoms with Gasteiger partial charge in [-0.05, 0) is 50.7 Å². The Morgan fingerprint density at radius 2 is 1.55 bits per heavy atom. The Balaban J connectivity index is 0.000000367. The van der Waals surface area contributed by atoms with Gasteiger partial charge in [-0.25, -0.2) is 9.59 Å². The van der Waals surface area contributed by atoms with Gasteiger partial charge < -0.3 is 20.8 Å². The molecule has 0 bridgehead atoms. The summed E-state index contributed by atoms with van der Waals surface area (Å²) in [7, 11) is 0. The lowest BCUT2D eigenvalue weighted by atomic mass is 9.96. The maximum atomic E-state index is 12.7. The van der Waals surface area contributed by atoms with E-state index < -0.39 is 24.3 Å². The molecule has 0 aromatic carbocycles. The SMILES string of the molecule is Cc1cc(C(=O)N2CCC(Cn3cc(CN4CC[C@@H](N)C4)nn3)CC2)sc1C.O=C(O)C(F)(F)F.O=C(O)C(F)(F)F. The topological polar surface area (TPSA) is 155 Å². The summed E-state index contributed by atoms with van der Waals surface area (Å²) < 4.78 is 65.4. The van der Waals surface area contributed by atoms with Crippen LogP contribution in [0.1, 0.15) is 45.1 Å². The second-order valence-electron chi connectivity index (χ2n) is 9.91. The van der Waals surface area contributed by atoms with E-state index >= 15 is 0 Å². The fraction of sp³-hybridized carbons (Fsp3) is 0.625. The molecule has 0 spiro atoms. The quantitative estimate of drug-likeness (QED) is 0.422. The minimum Gasteiger partial charge on any atom is -0.475 e. The zero-order valence-corrected chi connectivity index (χ0v) is 23.6. The van der Waals surface area contributed by atoms with E-state index in [9.17, 15) is 31.1 Å². The van der Waals surface area contributed by atoms with Gasteiger partial charge >= 0.3 is 24.3 Å². The van der Waals surface area contributed by atoms with Crippen molar-refractivity contribution >= 4 is 29.2 Å². The number of aromatic nitrogens is 3. The Morgan fingerprint density at radius 3 is 1.98 bits per heavy atom. The molecule has 0 aliphatic carbocycles. The van der Waals surface area contributed by atoms with E-state index in [4.69, 9.17) is 25.5 Å². The molecule has 0 unspecified atom stereocenters. The number of carboxylic acids is 2. The van der Waals surface area contributed by atoms with Crippen LogP contribution in [0.3, 0.4) is 0 Å². The maximum absolute atomic E-state index is 12.7. The number of thiophene rings is 1. The molecule has 2 saturated heterocycles. The molecule has 0 saturated carbocycles. The molecule has 2 aromatic heterocycles. The van der Waals surface area contributed by atoms with E-state index in [0.29, 0.717) is 12.0 Å². The zero-order chi connectivity index (χ0) is 31.8.